The molecule has 0 aliphatic heterocycles. The average molecular weight is 232 g/mol. The van der Waals surface area contributed by atoms with Gasteiger partial charge in [0.15, 0.2) is 6.10 Å². The zero-order valence-corrected chi connectivity index (χ0v) is 8.84. The van der Waals surface area contributed by atoms with Crippen LogP contribution in [0.4, 0.5) is 13.2 Å². The monoisotopic (exact) mass is 232 g/mol. The summed E-state index contributed by atoms with van der Waals surface area (Å²) in [4.78, 5) is 10.8. The zero-order chi connectivity index (χ0) is 12.3. The van der Waals surface area contributed by atoms with E-state index in [2.05, 4.69) is 0 Å². The van der Waals surface area contributed by atoms with Crippen molar-refractivity contribution in [3.8, 4) is 5.75 Å². The zero-order valence-electron chi connectivity index (χ0n) is 8.84. The summed E-state index contributed by atoms with van der Waals surface area (Å²) in [6.45, 7) is 2.92. The Bertz CT molecular complexity index is 368. The van der Waals surface area contributed by atoms with E-state index in [4.69, 9.17) is 4.74 Å². The van der Waals surface area contributed by atoms with E-state index in [1.165, 1.54) is 12.1 Å². The van der Waals surface area contributed by atoms with Gasteiger partial charge in [0.1, 0.15) is 5.75 Å². The molecule has 1 aromatic rings. The second-order valence-electron chi connectivity index (χ2n) is 3.44. The van der Waals surface area contributed by atoms with Crippen molar-refractivity contribution in [2.45, 2.75) is 26.1 Å². The van der Waals surface area contributed by atoms with Crippen LogP contribution in [0.3, 0.4) is 0 Å². The molecule has 0 saturated carbocycles. The number of carbonyl (C=O) groups is 1. The summed E-state index contributed by atoms with van der Waals surface area (Å²) in [6, 6.07) is 6.44. The minimum Gasteiger partial charge on any atom is -0.483 e. The van der Waals surface area contributed by atoms with Crippen LogP contribution in [0.25, 0.3) is 0 Å². The Hall–Kier alpha value is -1.52. The van der Waals surface area contributed by atoms with Crippen LogP contribution in [0.15, 0.2) is 24.3 Å². The molecular formula is C11H11F3O2. The molecule has 1 atom stereocenters. The summed E-state index contributed by atoms with van der Waals surface area (Å²) in [5.41, 5.74) is 0.960. The minimum atomic E-state index is -4.86. The molecule has 1 unspecified atom stereocenters. The van der Waals surface area contributed by atoms with Gasteiger partial charge in [-0.2, -0.15) is 13.2 Å². The molecule has 0 spiro atoms. The van der Waals surface area contributed by atoms with Gasteiger partial charge in [-0.15, -0.1) is 0 Å². The summed E-state index contributed by atoms with van der Waals surface area (Å²) < 4.78 is 41.0. The fourth-order valence-electron chi connectivity index (χ4n) is 1.10. The predicted molar refractivity (Wildman–Crippen MR) is 52.3 cm³/mol. The maximum absolute atomic E-state index is 12.0. The van der Waals surface area contributed by atoms with Crippen LogP contribution in [0, 0.1) is 6.92 Å². The molecule has 0 aliphatic carbocycles. The number of alkyl halides is 3. The lowest BCUT2D eigenvalue weighted by molar-refractivity contribution is -0.177. The molecule has 88 valence electrons. The molecule has 0 N–H and O–H groups in total. The number of benzene rings is 1. The van der Waals surface area contributed by atoms with E-state index < -0.39 is 18.1 Å². The first-order chi connectivity index (χ1) is 7.30. The number of Topliss-reactive ketones (excluding diaryl/α,β-unsaturated/α-hetero) is 1. The molecule has 0 fully saturated rings. The van der Waals surface area contributed by atoms with Gasteiger partial charge in [-0.25, -0.2) is 0 Å². The minimum absolute atomic E-state index is 0.246. The molecule has 0 aromatic heterocycles. The summed E-state index contributed by atoms with van der Waals surface area (Å²) in [5.74, 6) is -1.64. The third kappa shape index (κ3) is 3.25. The van der Waals surface area contributed by atoms with Gasteiger partial charge < -0.3 is 4.74 Å². The summed E-state index contributed by atoms with van der Waals surface area (Å²) in [7, 11) is 0. The lowest BCUT2D eigenvalue weighted by atomic mass is 10.2. The van der Waals surface area contributed by atoms with Crippen molar-refractivity contribution < 1.29 is 22.7 Å². The lowest BCUT2D eigenvalue weighted by Gasteiger charge is -2.15. The van der Waals surface area contributed by atoms with Crippen molar-refractivity contribution in [1.82, 2.24) is 0 Å². The van der Waals surface area contributed by atoms with E-state index in [9.17, 15) is 18.0 Å². The average Bonchev–Trinajstić information content (AvgIpc) is 2.19. The summed E-state index contributed by atoms with van der Waals surface area (Å²) in [6.07, 6.45) is -6.38. The summed E-state index contributed by atoms with van der Waals surface area (Å²) >= 11 is 0. The largest absolute Gasteiger partial charge is 0.483 e. The second-order valence-corrected chi connectivity index (χ2v) is 3.44. The topological polar surface area (TPSA) is 26.3 Å². The van der Waals surface area contributed by atoms with Gasteiger partial charge in [-0.3, -0.25) is 4.79 Å². The van der Waals surface area contributed by atoms with Crippen LogP contribution in [0.5, 0.6) is 5.75 Å². The third-order valence-corrected chi connectivity index (χ3v) is 1.98. The van der Waals surface area contributed by atoms with Crippen LogP contribution in [-0.2, 0) is 4.79 Å². The first-order valence-corrected chi connectivity index (χ1v) is 4.65. The normalized spacial score (nSPS) is 13.3. The highest BCUT2D eigenvalue weighted by Crippen LogP contribution is 2.21. The Kier molecular flexibility index (Phi) is 3.57. The smallest absolute Gasteiger partial charge is 0.453 e. The van der Waals surface area contributed by atoms with Crippen molar-refractivity contribution in [2.24, 2.45) is 0 Å². The number of aryl methyl sites for hydroxylation is 1. The number of carbonyl (C=O) groups excluding carboxylic acids is 1. The van der Waals surface area contributed by atoms with Crippen molar-refractivity contribution in [1.29, 1.82) is 0 Å². The highest BCUT2D eigenvalue weighted by molar-refractivity contribution is 5.88. The Balaban J connectivity index is 2.68. The number of ketones is 1. The van der Waals surface area contributed by atoms with E-state index in [0.717, 1.165) is 12.5 Å². The molecular weight excluding hydrogens is 221 g/mol. The SMILES string of the molecule is Cc1ccc(OC(C)C(=O)C(F)(F)F)cc1. The number of hydrogen-bond donors (Lipinski definition) is 0. The molecule has 1 rings (SSSR count). The molecule has 1 aromatic carbocycles. The number of rotatable bonds is 3. The van der Waals surface area contributed by atoms with Gasteiger partial charge in [0.2, 0.25) is 0 Å². The van der Waals surface area contributed by atoms with Crippen LogP contribution >= 0.6 is 0 Å². The fraction of sp³-hybridized carbons (Fsp3) is 0.364. The standard InChI is InChI=1S/C11H11F3O2/c1-7-3-5-9(6-4-7)16-8(2)10(15)11(12,13)14/h3-6,8H,1-2H3. The van der Waals surface area contributed by atoms with E-state index in [-0.39, 0.29) is 5.75 Å². The number of halogens is 3. The van der Waals surface area contributed by atoms with Crippen molar-refractivity contribution >= 4 is 5.78 Å². The van der Waals surface area contributed by atoms with Crippen molar-refractivity contribution in [3.63, 3.8) is 0 Å². The van der Waals surface area contributed by atoms with Gasteiger partial charge in [0.25, 0.3) is 5.78 Å². The number of hydrogen-bond acceptors (Lipinski definition) is 2. The van der Waals surface area contributed by atoms with Crippen molar-refractivity contribution in [3.05, 3.63) is 29.8 Å². The van der Waals surface area contributed by atoms with E-state index in [1.54, 1.807) is 12.1 Å². The van der Waals surface area contributed by atoms with Crippen LogP contribution in [0.1, 0.15) is 12.5 Å². The lowest BCUT2D eigenvalue weighted by Crippen LogP contribution is -2.36. The molecule has 5 heteroatoms. The second kappa shape index (κ2) is 4.55. The third-order valence-electron chi connectivity index (χ3n) is 1.98. The van der Waals surface area contributed by atoms with E-state index >= 15 is 0 Å². The summed E-state index contributed by atoms with van der Waals surface area (Å²) in [5, 5.41) is 0. The Morgan fingerprint density at radius 2 is 1.75 bits per heavy atom. The van der Waals surface area contributed by atoms with Crippen LogP contribution in [0.2, 0.25) is 0 Å². The maximum Gasteiger partial charge on any atom is 0.453 e. The maximum atomic E-state index is 12.0. The van der Waals surface area contributed by atoms with Crippen LogP contribution < -0.4 is 4.74 Å². The Morgan fingerprint density at radius 3 is 2.19 bits per heavy atom. The Morgan fingerprint density at radius 1 is 1.25 bits per heavy atom. The first-order valence-electron chi connectivity index (χ1n) is 4.65. The van der Waals surface area contributed by atoms with Gasteiger partial charge in [-0.1, -0.05) is 17.7 Å². The number of ether oxygens (including phenoxy) is 1. The Labute approximate surface area is 91.0 Å². The molecule has 2 nitrogen and oxygen atoms in total. The van der Waals surface area contributed by atoms with E-state index in [0.29, 0.717) is 0 Å². The molecule has 0 amide bonds. The van der Waals surface area contributed by atoms with E-state index in [1.807, 2.05) is 6.92 Å². The molecule has 0 heterocycles. The van der Waals surface area contributed by atoms with Crippen LogP contribution in [-0.4, -0.2) is 18.1 Å². The first kappa shape index (κ1) is 12.5. The highest BCUT2D eigenvalue weighted by atomic mass is 19.4. The molecule has 0 radical (unpaired) electrons. The van der Waals surface area contributed by atoms with Gasteiger partial charge in [0, 0.05) is 0 Å². The molecule has 0 aliphatic rings. The quantitative estimate of drug-likeness (QED) is 0.800. The molecule has 0 saturated heterocycles. The predicted octanol–water partition coefficient (Wildman–Crippen LogP) is 2.89. The van der Waals surface area contributed by atoms with Gasteiger partial charge in [-0.05, 0) is 26.0 Å². The van der Waals surface area contributed by atoms with Gasteiger partial charge in [0.05, 0.1) is 0 Å². The molecule has 0 bridgehead atoms. The highest BCUT2D eigenvalue weighted by Gasteiger charge is 2.42. The van der Waals surface area contributed by atoms with Gasteiger partial charge >= 0.3 is 6.18 Å². The van der Waals surface area contributed by atoms with Crippen molar-refractivity contribution in [2.75, 3.05) is 0 Å². The fourth-order valence-corrected chi connectivity index (χ4v) is 1.10. The molecule has 16 heavy (non-hydrogen) atoms.